The van der Waals surface area contributed by atoms with E-state index in [0.717, 1.165) is 51.0 Å². The first-order chi connectivity index (χ1) is 19.6. The Morgan fingerprint density at radius 3 is 2.02 bits per heavy atom. The van der Waals surface area contributed by atoms with Crippen LogP contribution in [0.4, 0.5) is 5.69 Å². The van der Waals surface area contributed by atoms with Crippen LogP contribution in [0.1, 0.15) is 42.4 Å². The highest BCUT2D eigenvalue weighted by molar-refractivity contribution is 7.90. The molecule has 4 rings (SSSR count). The highest BCUT2D eigenvalue weighted by Gasteiger charge is 2.35. The number of para-hydroxylation sites is 1. The molecule has 8 nitrogen and oxygen atoms in total. The highest BCUT2D eigenvalue weighted by atomic mass is 32.2. The van der Waals surface area contributed by atoms with Crippen molar-refractivity contribution in [1.29, 1.82) is 0 Å². The number of hydrogen-bond acceptors (Lipinski definition) is 4. The molecule has 1 fully saturated rings. The third-order valence-electron chi connectivity index (χ3n) is 7.51. The van der Waals surface area contributed by atoms with E-state index in [1.165, 1.54) is 14.1 Å². The fraction of sp³-hybridized carbons (Fsp3) is 0.375. The number of aryl methyl sites for hydroxylation is 1. The van der Waals surface area contributed by atoms with Crippen molar-refractivity contribution >= 4 is 27.7 Å². The molecule has 0 radical (unpaired) electrons. The Bertz CT molecular complexity index is 1390. The number of anilines is 1. The number of amides is 2. The van der Waals surface area contributed by atoms with Crippen LogP contribution >= 0.6 is 0 Å². The lowest BCUT2D eigenvalue weighted by molar-refractivity contribution is -0.140. The van der Waals surface area contributed by atoms with Crippen LogP contribution in [-0.2, 0) is 32.8 Å². The Hall–Kier alpha value is -3.69. The van der Waals surface area contributed by atoms with E-state index in [1.54, 1.807) is 35.2 Å². The first kappa shape index (κ1) is 30.3. The Balaban J connectivity index is 1.73. The van der Waals surface area contributed by atoms with E-state index in [0.29, 0.717) is 12.1 Å². The molecule has 0 saturated heterocycles. The summed E-state index contributed by atoms with van der Waals surface area (Å²) in [6.45, 7) is 1.71. The Morgan fingerprint density at radius 1 is 0.854 bits per heavy atom. The molecule has 3 aromatic carbocycles. The summed E-state index contributed by atoms with van der Waals surface area (Å²) in [6, 6.07) is 25.3. The predicted octanol–water partition coefficient (Wildman–Crippen LogP) is 4.31. The third-order valence-corrected chi connectivity index (χ3v) is 9.33. The summed E-state index contributed by atoms with van der Waals surface area (Å²) in [6.07, 6.45) is 4.27. The minimum Gasteiger partial charge on any atom is -0.352 e. The number of carbonyl (C=O) groups is 2. The lowest BCUT2D eigenvalue weighted by Crippen LogP contribution is -2.55. The van der Waals surface area contributed by atoms with Crippen molar-refractivity contribution in [2.45, 2.75) is 57.7 Å². The summed E-state index contributed by atoms with van der Waals surface area (Å²) in [7, 11) is -1.13. The second-order valence-corrected chi connectivity index (χ2v) is 12.9. The number of nitrogens with one attached hydrogen (secondary N) is 1. The molecule has 0 spiro atoms. The second-order valence-electron chi connectivity index (χ2n) is 10.8. The number of benzene rings is 3. The van der Waals surface area contributed by atoms with Crippen LogP contribution in [0.15, 0.2) is 84.9 Å². The molecule has 0 aliphatic heterocycles. The van der Waals surface area contributed by atoms with Crippen molar-refractivity contribution in [2.24, 2.45) is 0 Å². The molecule has 0 heterocycles. The molecule has 1 aliphatic rings. The number of nitrogens with zero attached hydrogens (tertiary/aromatic N) is 3. The summed E-state index contributed by atoms with van der Waals surface area (Å²) in [5.74, 6) is -0.676. The van der Waals surface area contributed by atoms with E-state index in [2.05, 4.69) is 5.32 Å². The molecule has 9 heteroatoms. The number of carbonyl (C=O) groups excluding carboxylic acids is 2. The van der Waals surface area contributed by atoms with Gasteiger partial charge in [-0.05, 0) is 43.0 Å². The van der Waals surface area contributed by atoms with E-state index in [9.17, 15) is 18.0 Å². The van der Waals surface area contributed by atoms with Crippen LogP contribution in [0, 0.1) is 6.92 Å². The van der Waals surface area contributed by atoms with Crippen LogP contribution in [0.3, 0.4) is 0 Å². The summed E-state index contributed by atoms with van der Waals surface area (Å²) in [4.78, 5) is 29.7. The van der Waals surface area contributed by atoms with Gasteiger partial charge in [0.25, 0.3) is 0 Å². The van der Waals surface area contributed by atoms with Gasteiger partial charge in [-0.3, -0.25) is 9.59 Å². The van der Waals surface area contributed by atoms with Gasteiger partial charge < -0.3 is 10.2 Å². The summed E-state index contributed by atoms with van der Waals surface area (Å²) in [5.41, 5.74) is 3.23. The molecular weight excluding hydrogens is 536 g/mol. The molecule has 2 amide bonds. The Kier molecular flexibility index (Phi) is 10.2. The normalized spacial score (nSPS) is 14.5. The molecule has 1 saturated carbocycles. The first-order valence-electron chi connectivity index (χ1n) is 14.1. The quantitative estimate of drug-likeness (QED) is 0.348. The molecule has 41 heavy (non-hydrogen) atoms. The van der Waals surface area contributed by atoms with Gasteiger partial charge in [0.2, 0.25) is 11.8 Å². The third kappa shape index (κ3) is 7.95. The SMILES string of the molecule is Cc1ccc(CN(C(=O)CN(c2ccccc2)S(=O)(=O)N(C)C)[C@@H](Cc2ccccc2)C(=O)NC2CCCC2)cc1. The van der Waals surface area contributed by atoms with Gasteiger partial charge in [0, 0.05) is 33.1 Å². The fourth-order valence-corrected chi connectivity index (χ4v) is 6.18. The van der Waals surface area contributed by atoms with E-state index >= 15 is 0 Å². The average molecular weight is 577 g/mol. The minimum absolute atomic E-state index is 0.0760. The largest absolute Gasteiger partial charge is 0.352 e. The zero-order valence-corrected chi connectivity index (χ0v) is 24.9. The smallest absolute Gasteiger partial charge is 0.304 e. The Morgan fingerprint density at radius 2 is 1.44 bits per heavy atom. The van der Waals surface area contributed by atoms with Crippen LogP contribution in [-0.4, -0.2) is 62.2 Å². The molecular formula is C32H40N4O4S. The Labute approximate surface area is 244 Å². The summed E-state index contributed by atoms with van der Waals surface area (Å²) < 4.78 is 29.0. The molecule has 0 bridgehead atoms. The molecule has 1 N–H and O–H groups in total. The maximum Gasteiger partial charge on any atom is 0.304 e. The van der Waals surface area contributed by atoms with Crippen molar-refractivity contribution in [1.82, 2.24) is 14.5 Å². The molecule has 0 aromatic heterocycles. The van der Waals surface area contributed by atoms with Crippen molar-refractivity contribution in [2.75, 3.05) is 24.9 Å². The zero-order chi connectivity index (χ0) is 29.4. The van der Waals surface area contributed by atoms with Crippen LogP contribution < -0.4 is 9.62 Å². The van der Waals surface area contributed by atoms with Crippen molar-refractivity contribution in [3.8, 4) is 0 Å². The second kappa shape index (κ2) is 13.8. The summed E-state index contributed by atoms with van der Waals surface area (Å²) in [5, 5.41) is 3.19. The maximum absolute atomic E-state index is 14.3. The van der Waals surface area contributed by atoms with Crippen LogP contribution in [0.25, 0.3) is 0 Å². The van der Waals surface area contributed by atoms with Crippen LogP contribution in [0.5, 0.6) is 0 Å². The van der Waals surface area contributed by atoms with Crippen molar-refractivity contribution in [3.05, 3.63) is 102 Å². The van der Waals surface area contributed by atoms with Crippen molar-refractivity contribution < 1.29 is 18.0 Å². The van der Waals surface area contributed by atoms with Gasteiger partial charge in [-0.1, -0.05) is 91.2 Å². The van der Waals surface area contributed by atoms with E-state index < -0.39 is 28.7 Å². The minimum atomic E-state index is -4.00. The van der Waals surface area contributed by atoms with E-state index in [1.807, 2.05) is 61.5 Å². The first-order valence-corrected chi connectivity index (χ1v) is 15.5. The molecule has 218 valence electrons. The predicted molar refractivity (Wildman–Crippen MR) is 162 cm³/mol. The monoisotopic (exact) mass is 576 g/mol. The van der Waals surface area contributed by atoms with Gasteiger partial charge >= 0.3 is 10.2 Å². The standard InChI is InChI=1S/C32H40N4O4S/c1-25-18-20-27(21-19-25)23-35(31(37)24-36(41(39,40)34(2)3)29-16-8-5-9-17-29)30(22-26-12-6-4-7-13-26)32(38)33-28-14-10-11-15-28/h4-9,12-13,16-21,28,30H,10-11,14-15,22-24H2,1-3H3,(H,33,38)/t30-/m0/s1. The van der Waals surface area contributed by atoms with Gasteiger partial charge in [-0.2, -0.15) is 12.7 Å². The van der Waals surface area contributed by atoms with Gasteiger partial charge in [0.1, 0.15) is 12.6 Å². The van der Waals surface area contributed by atoms with Crippen LogP contribution in [0.2, 0.25) is 0 Å². The summed E-state index contributed by atoms with van der Waals surface area (Å²) >= 11 is 0. The fourth-order valence-electron chi connectivity index (χ4n) is 5.12. The zero-order valence-electron chi connectivity index (χ0n) is 24.1. The van der Waals surface area contributed by atoms with Gasteiger partial charge in [0.15, 0.2) is 0 Å². The molecule has 1 aliphatic carbocycles. The maximum atomic E-state index is 14.3. The van der Waals surface area contributed by atoms with Gasteiger partial charge in [-0.25, -0.2) is 4.31 Å². The molecule has 1 atom stereocenters. The lowest BCUT2D eigenvalue weighted by atomic mass is 10.0. The lowest BCUT2D eigenvalue weighted by Gasteiger charge is -2.35. The molecule has 3 aromatic rings. The highest BCUT2D eigenvalue weighted by Crippen LogP contribution is 2.23. The topological polar surface area (TPSA) is 90.0 Å². The van der Waals surface area contributed by atoms with Gasteiger partial charge in [-0.15, -0.1) is 0 Å². The number of hydrogen-bond donors (Lipinski definition) is 1. The van der Waals surface area contributed by atoms with Gasteiger partial charge in [0.05, 0.1) is 5.69 Å². The van der Waals surface area contributed by atoms with E-state index in [4.69, 9.17) is 0 Å². The van der Waals surface area contributed by atoms with Crippen molar-refractivity contribution in [3.63, 3.8) is 0 Å². The molecule has 0 unspecified atom stereocenters. The van der Waals surface area contributed by atoms with E-state index in [-0.39, 0.29) is 18.5 Å². The average Bonchev–Trinajstić information content (AvgIpc) is 3.48. The number of rotatable bonds is 12.